The van der Waals surface area contributed by atoms with Crippen molar-refractivity contribution in [3.05, 3.63) is 98.3 Å². The van der Waals surface area contributed by atoms with Crippen molar-refractivity contribution in [2.75, 3.05) is 13.2 Å². The molecule has 6 heteroatoms. The third-order valence-electron chi connectivity index (χ3n) is 5.33. The molecule has 0 amide bonds. The lowest BCUT2D eigenvalue weighted by molar-refractivity contribution is 0.215. The van der Waals surface area contributed by atoms with E-state index in [1.807, 2.05) is 86.7 Å². The van der Waals surface area contributed by atoms with E-state index in [4.69, 9.17) is 9.47 Å². The van der Waals surface area contributed by atoms with Crippen LogP contribution in [0.1, 0.15) is 16.7 Å². The molecule has 5 aromatic rings. The number of nitrogens with zero attached hydrogens (tertiary/aromatic N) is 2. The van der Waals surface area contributed by atoms with Gasteiger partial charge in [-0.15, -0.1) is 0 Å². The Morgan fingerprint density at radius 1 is 0.906 bits per heavy atom. The molecule has 0 radical (unpaired) electrons. The fourth-order valence-corrected chi connectivity index (χ4v) is 4.74. The number of hydrogen-bond acceptors (Lipinski definition) is 5. The maximum atomic E-state index is 12.9. The van der Waals surface area contributed by atoms with Gasteiger partial charge in [0.15, 0.2) is 4.96 Å². The molecule has 0 aliphatic carbocycles. The van der Waals surface area contributed by atoms with Gasteiger partial charge in [0.1, 0.15) is 24.7 Å². The van der Waals surface area contributed by atoms with Crippen molar-refractivity contribution in [2.45, 2.75) is 13.8 Å². The van der Waals surface area contributed by atoms with Gasteiger partial charge in [0.2, 0.25) is 0 Å². The number of ether oxygens (including phenoxy) is 2. The van der Waals surface area contributed by atoms with Crippen molar-refractivity contribution in [1.29, 1.82) is 0 Å². The third-order valence-corrected chi connectivity index (χ3v) is 6.30. The lowest BCUT2D eigenvalue weighted by Gasteiger charge is -2.12. The summed E-state index contributed by atoms with van der Waals surface area (Å²) in [6.45, 7) is 5.01. The van der Waals surface area contributed by atoms with E-state index in [-0.39, 0.29) is 5.56 Å². The molecule has 0 saturated carbocycles. The van der Waals surface area contributed by atoms with E-state index in [0.717, 1.165) is 39.2 Å². The zero-order chi connectivity index (χ0) is 22.1. The molecule has 2 aromatic heterocycles. The first-order chi connectivity index (χ1) is 15.6. The maximum Gasteiger partial charge on any atom is 0.274 e. The molecule has 2 heterocycles. The number of aromatic nitrogens is 2. The first kappa shape index (κ1) is 20.3. The normalized spacial score (nSPS) is 12.0. The SMILES string of the molecule is Cc1cccc(C)c1OCCOc1ccc(/C=c2\sc3nc4ccccc4n3c2=O)cc1. The van der Waals surface area contributed by atoms with E-state index >= 15 is 0 Å². The molecule has 0 bridgehead atoms. The summed E-state index contributed by atoms with van der Waals surface area (Å²) in [5.41, 5.74) is 4.83. The summed E-state index contributed by atoms with van der Waals surface area (Å²) in [4.78, 5) is 18.1. The first-order valence-electron chi connectivity index (χ1n) is 10.4. The molecule has 0 unspecified atom stereocenters. The summed E-state index contributed by atoms with van der Waals surface area (Å²) >= 11 is 1.40. The summed E-state index contributed by atoms with van der Waals surface area (Å²) in [6, 6.07) is 21.5. The molecule has 32 heavy (non-hydrogen) atoms. The average Bonchev–Trinajstić information content (AvgIpc) is 3.30. The van der Waals surface area contributed by atoms with Gasteiger partial charge >= 0.3 is 0 Å². The van der Waals surface area contributed by atoms with Gasteiger partial charge in [0, 0.05) is 0 Å². The van der Waals surface area contributed by atoms with E-state index in [0.29, 0.717) is 22.7 Å². The van der Waals surface area contributed by atoms with Crippen LogP contribution < -0.4 is 19.6 Å². The predicted molar refractivity (Wildman–Crippen MR) is 129 cm³/mol. The minimum absolute atomic E-state index is 0.0392. The smallest absolute Gasteiger partial charge is 0.274 e. The van der Waals surface area contributed by atoms with E-state index in [2.05, 4.69) is 4.98 Å². The Morgan fingerprint density at radius 2 is 1.62 bits per heavy atom. The highest BCUT2D eigenvalue weighted by molar-refractivity contribution is 7.15. The monoisotopic (exact) mass is 442 g/mol. The Kier molecular flexibility index (Phi) is 5.37. The lowest BCUT2D eigenvalue weighted by Crippen LogP contribution is -2.22. The van der Waals surface area contributed by atoms with Crippen LogP contribution in [0.2, 0.25) is 0 Å². The van der Waals surface area contributed by atoms with Gasteiger partial charge < -0.3 is 9.47 Å². The van der Waals surface area contributed by atoms with E-state index < -0.39 is 0 Å². The van der Waals surface area contributed by atoms with Crippen LogP contribution in [-0.2, 0) is 0 Å². The fraction of sp³-hybridized carbons (Fsp3) is 0.154. The molecule has 3 aromatic carbocycles. The van der Waals surface area contributed by atoms with Crippen molar-refractivity contribution in [2.24, 2.45) is 0 Å². The Labute approximate surface area is 189 Å². The number of para-hydroxylation sites is 3. The van der Waals surface area contributed by atoms with Gasteiger partial charge in [0.05, 0.1) is 15.6 Å². The van der Waals surface area contributed by atoms with Crippen LogP contribution in [0, 0.1) is 13.8 Å². The quantitative estimate of drug-likeness (QED) is 0.363. The minimum Gasteiger partial charge on any atom is -0.490 e. The van der Waals surface area contributed by atoms with Gasteiger partial charge in [-0.05, 0) is 60.9 Å². The fourth-order valence-electron chi connectivity index (χ4n) is 3.75. The number of rotatable bonds is 6. The standard InChI is InChI=1S/C26H22N2O3S/c1-17-6-5-7-18(2)24(17)31-15-14-30-20-12-10-19(11-13-20)16-23-25(29)28-22-9-4-3-8-21(22)27-26(28)32-23/h3-13,16H,14-15H2,1-2H3/b23-16-. The Balaban J connectivity index is 1.27. The summed E-state index contributed by atoms with van der Waals surface area (Å²) in [7, 11) is 0. The number of fused-ring (bicyclic) bond motifs is 3. The van der Waals surface area contributed by atoms with Crippen molar-refractivity contribution in [3.63, 3.8) is 0 Å². The van der Waals surface area contributed by atoms with Crippen LogP contribution in [0.4, 0.5) is 0 Å². The highest BCUT2D eigenvalue weighted by atomic mass is 32.1. The van der Waals surface area contributed by atoms with Crippen molar-refractivity contribution < 1.29 is 9.47 Å². The first-order valence-corrected chi connectivity index (χ1v) is 11.3. The highest BCUT2D eigenvalue weighted by Crippen LogP contribution is 2.22. The molecular formula is C26H22N2O3S. The van der Waals surface area contributed by atoms with Gasteiger partial charge in [0.25, 0.3) is 5.56 Å². The highest BCUT2D eigenvalue weighted by Gasteiger charge is 2.10. The van der Waals surface area contributed by atoms with E-state index in [1.54, 1.807) is 4.40 Å². The zero-order valence-corrected chi connectivity index (χ0v) is 18.7. The molecular weight excluding hydrogens is 420 g/mol. The topological polar surface area (TPSA) is 52.8 Å². The second-order valence-corrected chi connectivity index (χ2v) is 8.63. The van der Waals surface area contributed by atoms with Crippen LogP contribution in [0.5, 0.6) is 11.5 Å². The summed E-state index contributed by atoms with van der Waals surface area (Å²) in [6.07, 6.45) is 1.89. The number of benzene rings is 3. The van der Waals surface area contributed by atoms with Crippen molar-refractivity contribution in [1.82, 2.24) is 9.38 Å². The van der Waals surface area contributed by atoms with Crippen molar-refractivity contribution >= 4 is 33.4 Å². The molecule has 160 valence electrons. The molecule has 0 aliphatic heterocycles. The van der Waals surface area contributed by atoms with E-state index in [1.165, 1.54) is 11.3 Å². The van der Waals surface area contributed by atoms with Gasteiger partial charge in [-0.25, -0.2) is 9.38 Å². The van der Waals surface area contributed by atoms with Crippen LogP contribution >= 0.6 is 11.3 Å². The van der Waals surface area contributed by atoms with Crippen LogP contribution in [0.25, 0.3) is 22.1 Å². The van der Waals surface area contributed by atoms with Crippen LogP contribution in [0.15, 0.2) is 71.5 Å². The second kappa shape index (κ2) is 8.48. The Bertz CT molecular complexity index is 1500. The number of hydrogen-bond donors (Lipinski definition) is 0. The minimum atomic E-state index is -0.0392. The van der Waals surface area contributed by atoms with Crippen molar-refractivity contribution in [3.8, 4) is 11.5 Å². The Hall–Kier alpha value is -3.64. The van der Waals surface area contributed by atoms with E-state index in [9.17, 15) is 4.79 Å². The lowest BCUT2D eigenvalue weighted by atomic mass is 10.1. The molecule has 0 saturated heterocycles. The van der Waals surface area contributed by atoms with Crippen LogP contribution in [-0.4, -0.2) is 22.6 Å². The molecule has 0 fully saturated rings. The van der Waals surface area contributed by atoms with Crippen LogP contribution in [0.3, 0.4) is 0 Å². The molecule has 0 atom stereocenters. The molecule has 0 spiro atoms. The number of imidazole rings is 1. The summed E-state index contributed by atoms with van der Waals surface area (Å²) < 4.78 is 14.0. The largest absolute Gasteiger partial charge is 0.490 e. The second-order valence-electron chi connectivity index (χ2n) is 7.62. The number of thiazole rings is 1. The average molecular weight is 443 g/mol. The summed E-state index contributed by atoms with van der Waals surface area (Å²) in [5.74, 6) is 1.69. The molecule has 0 N–H and O–H groups in total. The molecule has 5 nitrogen and oxygen atoms in total. The van der Waals surface area contributed by atoms with Gasteiger partial charge in [-0.1, -0.05) is 53.8 Å². The maximum absolute atomic E-state index is 12.9. The Morgan fingerprint density at radius 3 is 2.41 bits per heavy atom. The third kappa shape index (κ3) is 3.85. The predicted octanol–water partition coefficient (Wildman–Crippen LogP) is 4.53. The number of aryl methyl sites for hydroxylation is 2. The molecule has 5 rings (SSSR count). The zero-order valence-electron chi connectivity index (χ0n) is 17.9. The summed E-state index contributed by atoms with van der Waals surface area (Å²) in [5, 5.41) is 0. The van der Waals surface area contributed by atoms with Gasteiger partial charge in [-0.3, -0.25) is 4.79 Å². The molecule has 0 aliphatic rings. The van der Waals surface area contributed by atoms with Gasteiger partial charge in [-0.2, -0.15) is 0 Å².